The van der Waals surface area contributed by atoms with E-state index in [4.69, 9.17) is 9.72 Å². The Hall–Kier alpha value is -2.88. The van der Waals surface area contributed by atoms with Crippen molar-refractivity contribution in [3.8, 4) is 11.6 Å². The molecule has 28 heavy (non-hydrogen) atoms. The monoisotopic (exact) mass is 373 g/mol. The lowest BCUT2D eigenvalue weighted by Crippen LogP contribution is -2.21. The molecule has 4 nitrogen and oxygen atoms in total. The third-order valence-corrected chi connectivity index (χ3v) is 5.18. The molecule has 0 bridgehead atoms. The number of nitrogens with zero attached hydrogens (tertiary/aromatic N) is 3. The average Bonchev–Trinajstić information content (AvgIpc) is 2.60. The summed E-state index contributed by atoms with van der Waals surface area (Å²) >= 11 is 0. The van der Waals surface area contributed by atoms with Crippen LogP contribution in [0.4, 0.5) is 17.2 Å². The maximum atomic E-state index is 6.11. The van der Waals surface area contributed by atoms with E-state index in [0.717, 1.165) is 34.1 Å². The Morgan fingerprint density at radius 3 is 2.07 bits per heavy atom. The summed E-state index contributed by atoms with van der Waals surface area (Å²) in [4.78, 5) is 11.5. The minimum absolute atomic E-state index is 0.0996. The molecule has 0 N–H and O–H groups in total. The number of rotatable bonds is 1. The number of hydrogen-bond acceptors (Lipinski definition) is 4. The van der Waals surface area contributed by atoms with Gasteiger partial charge in [-0.15, -0.1) is 0 Å². The van der Waals surface area contributed by atoms with Gasteiger partial charge in [0, 0.05) is 12.4 Å². The van der Waals surface area contributed by atoms with E-state index >= 15 is 0 Å². The maximum absolute atomic E-state index is 6.11. The number of aryl methyl sites for hydroxylation is 4. The third-order valence-electron chi connectivity index (χ3n) is 5.18. The van der Waals surface area contributed by atoms with Crippen LogP contribution >= 0.6 is 0 Å². The first kappa shape index (κ1) is 18.5. The zero-order valence-corrected chi connectivity index (χ0v) is 17.7. The molecule has 144 valence electrons. The van der Waals surface area contributed by atoms with Crippen molar-refractivity contribution in [2.45, 2.75) is 53.9 Å². The van der Waals surface area contributed by atoms with Gasteiger partial charge in [0.05, 0.1) is 5.69 Å². The number of hydrogen-bond donors (Lipinski definition) is 0. The highest BCUT2D eigenvalue weighted by molar-refractivity contribution is 5.86. The van der Waals surface area contributed by atoms with Crippen molar-refractivity contribution in [2.24, 2.45) is 0 Å². The van der Waals surface area contributed by atoms with Crippen molar-refractivity contribution in [2.75, 3.05) is 4.90 Å². The molecule has 0 spiro atoms. The molecule has 3 aromatic rings. The molecule has 1 aromatic carbocycles. The van der Waals surface area contributed by atoms with Gasteiger partial charge in [0.2, 0.25) is 5.88 Å². The van der Waals surface area contributed by atoms with E-state index in [1.54, 1.807) is 0 Å². The van der Waals surface area contributed by atoms with Gasteiger partial charge in [-0.3, -0.25) is 4.90 Å². The number of ether oxygens (including phenoxy) is 1. The Balaban J connectivity index is 1.99. The molecular weight excluding hydrogens is 346 g/mol. The van der Waals surface area contributed by atoms with Crippen LogP contribution in [-0.2, 0) is 5.41 Å². The van der Waals surface area contributed by atoms with Gasteiger partial charge < -0.3 is 4.74 Å². The predicted octanol–water partition coefficient (Wildman–Crippen LogP) is 6.58. The molecule has 0 aliphatic carbocycles. The van der Waals surface area contributed by atoms with E-state index in [0.29, 0.717) is 5.88 Å². The average molecular weight is 374 g/mol. The lowest BCUT2D eigenvalue weighted by molar-refractivity contribution is 0.454. The van der Waals surface area contributed by atoms with E-state index in [-0.39, 0.29) is 5.41 Å². The zero-order chi connectivity index (χ0) is 20.2. The number of pyridine rings is 2. The van der Waals surface area contributed by atoms with E-state index in [2.05, 4.69) is 62.7 Å². The minimum Gasteiger partial charge on any atom is -0.433 e. The lowest BCUT2D eigenvalue weighted by atomic mass is 9.84. The fraction of sp³-hybridized carbons (Fsp3) is 0.333. The summed E-state index contributed by atoms with van der Waals surface area (Å²) in [6, 6.07) is 8.71. The smallest absolute Gasteiger partial charge is 0.244 e. The second kappa shape index (κ2) is 6.33. The summed E-state index contributed by atoms with van der Waals surface area (Å²) in [5.41, 5.74) is 8.08. The van der Waals surface area contributed by atoms with Gasteiger partial charge in [-0.05, 0) is 73.1 Å². The minimum atomic E-state index is 0.0996. The van der Waals surface area contributed by atoms with Crippen LogP contribution in [0.25, 0.3) is 0 Å². The summed E-state index contributed by atoms with van der Waals surface area (Å²) in [5.74, 6) is 2.16. The first-order valence-corrected chi connectivity index (χ1v) is 9.68. The summed E-state index contributed by atoms with van der Waals surface area (Å²) < 4.78 is 6.11. The van der Waals surface area contributed by atoms with Crippen LogP contribution in [-0.4, -0.2) is 9.97 Å². The van der Waals surface area contributed by atoms with Crippen LogP contribution < -0.4 is 9.64 Å². The van der Waals surface area contributed by atoms with E-state index in [9.17, 15) is 0 Å². The number of benzene rings is 1. The number of fused-ring (bicyclic) bond motifs is 2. The van der Waals surface area contributed by atoms with Gasteiger partial charge >= 0.3 is 0 Å². The van der Waals surface area contributed by atoms with Crippen molar-refractivity contribution < 1.29 is 4.74 Å². The highest BCUT2D eigenvalue weighted by Gasteiger charge is 2.31. The van der Waals surface area contributed by atoms with Crippen molar-refractivity contribution in [3.05, 3.63) is 64.5 Å². The summed E-state index contributed by atoms with van der Waals surface area (Å²) in [6.45, 7) is 15.2. The second-order valence-corrected chi connectivity index (χ2v) is 8.82. The molecule has 4 rings (SSSR count). The van der Waals surface area contributed by atoms with Gasteiger partial charge in [-0.25, -0.2) is 9.97 Å². The highest BCUT2D eigenvalue weighted by Crippen LogP contribution is 2.50. The molecular formula is C24H27N3O. The van der Waals surface area contributed by atoms with Crippen LogP contribution in [0.15, 0.2) is 36.7 Å². The summed E-state index contributed by atoms with van der Waals surface area (Å²) in [5, 5.41) is 0. The van der Waals surface area contributed by atoms with Crippen LogP contribution in [0.5, 0.6) is 11.6 Å². The van der Waals surface area contributed by atoms with Crippen molar-refractivity contribution in [1.29, 1.82) is 0 Å². The van der Waals surface area contributed by atoms with Crippen LogP contribution in [0, 0.1) is 27.7 Å². The van der Waals surface area contributed by atoms with Gasteiger partial charge in [0.1, 0.15) is 5.69 Å². The molecule has 1 aliphatic heterocycles. The van der Waals surface area contributed by atoms with Crippen LogP contribution in [0.3, 0.4) is 0 Å². The third kappa shape index (κ3) is 3.03. The molecule has 3 heterocycles. The van der Waals surface area contributed by atoms with Gasteiger partial charge in [-0.2, -0.15) is 0 Å². The Labute approximate surface area is 167 Å². The predicted molar refractivity (Wildman–Crippen MR) is 114 cm³/mol. The van der Waals surface area contributed by atoms with Gasteiger partial charge in [0.15, 0.2) is 11.6 Å². The van der Waals surface area contributed by atoms with Crippen molar-refractivity contribution >= 4 is 17.2 Å². The zero-order valence-electron chi connectivity index (χ0n) is 17.7. The van der Waals surface area contributed by atoms with Crippen LogP contribution in [0.2, 0.25) is 0 Å². The second-order valence-electron chi connectivity index (χ2n) is 8.82. The molecule has 1 aliphatic rings. The number of anilines is 3. The molecule has 0 unspecified atom stereocenters. The molecule has 2 aromatic heterocycles. The topological polar surface area (TPSA) is 38.3 Å². The fourth-order valence-electron chi connectivity index (χ4n) is 3.74. The summed E-state index contributed by atoms with van der Waals surface area (Å²) in [7, 11) is 0. The van der Waals surface area contributed by atoms with E-state index < -0.39 is 0 Å². The normalized spacial score (nSPS) is 13.0. The Morgan fingerprint density at radius 1 is 0.821 bits per heavy atom. The molecule has 0 atom stereocenters. The molecule has 0 saturated carbocycles. The van der Waals surface area contributed by atoms with Gasteiger partial charge in [0.25, 0.3) is 0 Å². The molecule has 0 saturated heterocycles. The van der Waals surface area contributed by atoms with Gasteiger partial charge in [-0.1, -0.05) is 32.9 Å². The van der Waals surface area contributed by atoms with Crippen molar-refractivity contribution in [3.63, 3.8) is 0 Å². The quantitative estimate of drug-likeness (QED) is 0.377. The first-order chi connectivity index (χ1) is 13.1. The lowest BCUT2D eigenvalue weighted by Gasteiger charge is -2.34. The first-order valence-electron chi connectivity index (χ1n) is 9.68. The van der Waals surface area contributed by atoms with E-state index in [1.807, 2.05) is 32.3 Å². The fourth-order valence-corrected chi connectivity index (χ4v) is 3.74. The van der Waals surface area contributed by atoms with E-state index in [1.165, 1.54) is 16.7 Å². The van der Waals surface area contributed by atoms with Crippen molar-refractivity contribution in [1.82, 2.24) is 9.97 Å². The molecule has 0 radical (unpaired) electrons. The largest absolute Gasteiger partial charge is 0.433 e. The molecule has 0 amide bonds. The summed E-state index contributed by atoms with van der Waals surface area (Å²) in [6.07, 6.45) is 3.73. The Morgan fingerprint density at radius 2 is 1.43 bits per heavy atom. The SMILES string of the molecule is Cc1cnc2c(c1)Oc1ncc(C)cc1N2c1c(C)cc(C(C)(C)C)cc1C. The highest BCUT2D eigenvalue weighted by atomic mass is 16.5. The Kier molecular flexibility index (Phi) is 4.18. The Bertz CT molecular complexity index is 1060. The van der Waals surface area contributed by atoms with Crippen LogP contribution in [0.1, 0.15) is 48.6 Å². The number of aromatic nitrogens is 2. The molecule has 0 fully saturated rings. The maximum Gasteiger partial charge on any atom is 0.244 e. The molecule has 4 heteroatoms. The standard InChI is InChI=1S/C24H27N3O/c1-14-8-19-23(26-13-14)28-20-9-15(2)12-25-22(20)27(19)21-16(3)10-18(11-17(21)4)24(5,6)7/h8-13H,1-7H3.